The van der Waals surface area contributed by atoms with Crippen LogP contribution in [0.15, 0.2) is 51.5 Å². The number of hydrogen-bond acceptors (Lipinski definition) is 3. The van der Waals surface area contributed by atoms with Crippen molar-refractivity contribution in [2.24, 2.45) is 0 Å². The lowest BCUT2D eigenvalue weighted by molar-refractivity contribution is -0.115. The first-order chi connectivity index (χ1) is 9.65. The molecule has 1 amide bonds. The van der Waals surface area contributed by atoms with Gasteiger partial charge in [-0.15, -0.1) is 11.8 Å². The Morgan fingerprint density at radius 3 is 2.45 bits per heavy atom. The molecule has 1 unspecified atom stereocenters. The van der Waals surface area contributed by atoms with Crippen molar-refractivity contribution in [1.29, 1.82) is 0 Å². The summed E-state index contributed by atoms with van der Waals surface area (Å²) in [6.45, 7) is 0. The fraction of sp³-hybridized carbons (Fsp3) is 0.143. The van der Waals surface area contributed by atoms with E-state index in [1.165, 1.54) is 0 Å². The van der Waals surface area contributed by atoms with Crippen molar-refractivity contribution in [3.05, 3.63) is 57.1 Å². The summed E-state index contributed by atoms with van der Waals surface area (Å²) in [5, 5.41) is -0.00993. The van der Waals surface area contributed by atoms with E-state index >= 15 is 0 Å². The molecule has 0 saturated carbocycles. The summed E-state index contributed by atoms with van der Waals surface area (Å²) in [7, 11) is 0. The van der Waals surface area contributed by atoms with Gasteiger partial charge in [0.2, 0.25) is 5.91 Å². The lowest BCUT2D eigenvalue weighted by Crippen LogP contribution is -2.28. The van der Waals surface area contributed by atoms with E-state index < -0.39 is 0 Å². The van der Waals surface area contributed by atoms with E-state index in [9.17, 15) is 4.79 Å². The van der Waals surface area contributed by atoms with Crippen LogP contribution in [-0.4, -0.2) is 16.6 Å². The maximum absolute atomic E-state index is 12.2. The van der Waals surface area contributed by atoms with Gasteiger partial charge in [0, 0.05) is 15.1 Å². The van der Waals surface area contributed by atoms with Crippen LogP contribution in [0.2, 0.25) is 0 Å². The number of aromatic nitrogens is 1. The highest BCUT2D eigenvalue weighted by molar-refractivity contribution is 9.10. The van der Waals surface area contributed by atoms with Crippen LogP contribution >= 0.6 is 43.6 Å². The predicted octanol–water partition coefficient (Wildman–Crippen LogP) is 4.39. The average molecular weight is 414 g/mol. The normalized spacial score (nSPS) is 18.6. The summed E-state index contributed by atoms with van der Waals surface area (Å²) < 4.78 is 1.93. The van der Waals surface area contributed by atoms with Gasteiger partial charge < -0.3 is 0 Å². The van der Waals surface area contributed by atoms with Gasteiger partial charge in [-0.1, -0.05) is 28.1 Å². The van der Waals surface area contributed by atoms with Crippen molar-refractivity contribution in [2.75, 3.05) is 10.7 Å². The van der Waals surface area contributed by atoms with Crippen LogP contribution in [-0.2, 0) is 4.79 Å². The third kappa shape index (κ3) is 2.77. The Balaban J connectivity index is 1.96. The van der Waals surface area contributed by atoms with E-state index in [0.29, 0.717) is 11.6 Å². The second kappa shape index (κ2) is 5.87. The average Bonchev–Trinajstić information content (AvgIpc) is 2.83. The number of pyridine rings is 1. The molecule has 20 heavy (non-hydrogen) atoms. The summed E-state index contributed by atoms with van der Waals surface area (Å²) in [6.07, 6.45) is 1.71. The number of anilines is 1. The van der Waals surface area contributed by atoms with E-state index in [2.05, 4.69) is 36.8 Å². The number of amides is 1. The molecular formula is C14H10Br2N2OS. The molecule has 0 radical (unpaired) electrons. The number of hydrogen-bond donors (Lipinski definition) is 0. The van der Waals surface area contributed by atoms with Crippen molar-refractivity contribution in [3.8, 4) is 0 Å². The van der Waals surface area contributed by atoms with Gasteiger partial charge in [-0.2, -0.15) is 0 Å². The van der Waals surface area contributed by atoms with Crippen molar-refractivity contribution in [1.82, 2.24) is 4.98 Å². The summed E-state index contributed by atoms with van der Waals surface area (Å²) in [5.74, 6) is 1.27. The van der Waals surface area contributed by atoms with E-state index in [1.807, 2.05) is 36.4 Å². The number of carbonyl (C=O) groups excluding carboxylic acids is 1. The van der Waals surface area contributed by atoms with Crippen molar-refractivity contribution in [3.63, 3.8) is 0 Å². The Hall–Kier alpha value is -0.850. The number of rotatable bonds is 2. The Kier molecular flexibility index (Phi) is 4.14. The van der Waals surface area contributed by atoms with Crippen LogP contribution < -0.4 is 4.90 Å². The molecule has 102 valence electrons. The van der Waals surface area contributed by atoms with E-state index in [1.54, 1.807) is 22.9 Å². The molecule has 1 aromatic carbocycles. The lowest BCUT2D eigenvalue weighted by atomic mass is 10.2. The molecule has 0 aliphatic carbocycles. The van der Waals surface area contributed by atoms with Crippen LogP contribution in [0.4, 0.5) is 5.82 Å². The highest BCUT2D eigenvalue weighted by atomic mass is 79.9. The van der Waals surface area contributed by atoms with Gasteiger partial charge in [-0.3, -0.25) is 9.69 Å². The molecule has 0 bridgehead atoms. The summed E-state index contributed by atoms with van der Waals surface area (Å²) in [6, 6.07) is 11.8. The summed E-state index contributed by atoms with van der Waals surface area (Å²) in [4.78, 5) is 18.3. The minimum atomic E-state index is -0.00993. The molecule has 0 spiro atoms. The smallest absolute Gasteiger partial charge is 0.239 e. The van der Waals surface area contributed by atoms with Gasteiger partial charge in [0.1, 0.15) is 11.2 Å². The Bertz CT molecular complexity index is 631. The first kappa shape index (κ1) is 14.1. The molecule has 1 atom stereocenters. The molecule has 1 fully saturated rings. The molecule has 6 heteroatoms. The molecule has 1 aliphatic heterocycles. The summed E-state index contributed by atoms with van der Waals surface area (Å²) >= 11 is 8.42. The second-order valence-electron chi connectivity index (χ2n) is 4.31. The molecule has 3 nitrogen and oxygen atoms in total. The van der Waals surface area contributed by atoms with Crippen LogP contribution in [0.25, 0.3) is 0 Å². The van der Waals surface area contributed by atoms with Gasteiger partial charge in [0.05, 0.1) is 5.75 Å². The SMILES string of the molecule is O=C1CSC(c2ccc(Br)cc2)N1c1ccc(Br)cn1. The minimum Gasteiger partial charge on any atom is -0.279 e. The zero-order valence-corrected chi connectivity index (χ0v) is 14.3. The molecule has 3 rings (SSSR count). The quantitative estimate of drug-likeness (QED) is 0.732. The Morgan fingerprint density at radius 1 is 1.10 bits per heavy atom. The number of thioether (sulfide) groups is 1. The maximum Gasteiger partial charge on any atom is 0.239 e. The molecule has 1 saturated heterocycles. The first-order valence-electron chi connectivity index (χ1n) is 5.96. The van der Waals surface area contributed by atoms with Crippen molar-refractivity contribution in [2.45, 2.75) is 5.37 Å². The Morgan fingerprint density at radius 2 is 1.80 bits per heavy atom. The molecule has 1 aromatic heterocycles. The van der Waals surface area contributed by atoms with Gasteiger partial charge in [0.15, 0.2) is 0 Å². The van der Waals surface area contributed by atoms with Gasteiger partial charge >= 0.3 is 0 Å². The fourth-order valence-electron chi connectivity index (χ4n) is 2.06. The van der Waals surface area contributed by atoms with Gasteiger partial charge in [-0.05, 0) is 45.8 Å². The number of carbonyl (C=O) groups is 1. The second-order valence-corrected chi connectivity index (χ2v) is 7.21. The maximum atomic E-state index is 12.2. The highest BCUT2D eigenvalue weighted by Gasteiger charge is 2.34. The number of halogens is 2. The minimum absolute atomic E-state index is 0.00993. The predicted molar refractivity (Wildman–Crippen MR) is 88.8 cm³/mol. The van der Waals surface area contributed by atoms with Gasteiger partial charge in [0.25, 0.3) is 0 Å². The Labute approximate surface area is 138 Å². The highest BCUT2D eigenvalue weighted by Crippen LogP contribution is 2.41. The van der Waals surface area contributed by atoms with E-state index in [-0.39, 0.29) is 11.3 Å². The molecular weight excluding hydrogens is 404 g/mol. The largest absolute Gasteiger partial charge is 0.279 e. The zero-order chi connectivity index (χ0) is 14.1. The summed E-state index contributed by atoms with van der Waals surface area (Å²) in [5.41, 5.74) is 1.11. The van der Waals surface area contributed by atoms with Crippen LogP contribution in [0.3, 0.4) is 0 Å². The monoisotopic (exact) mass is 412 g/mol. The molecule has 2 aromatic rings. The van der Waals surface area contributed by atoms with Crippen LogP contribution in [0, 0.1) is 0 Å². The number of nitrogens with zero attached hydrogens (tertiary/aromatic N) is 2. The van der Waals surface area contributed by atoms with E-state index in [0.717, 1.165) is 14.5 Å². The van der Waals surface area contributed by atoms with Crippen LogP contribution in [0.1, 0.15) is 10.9 Å². The standard InChI is InChI=1S/C14H10Br2N2OS/c15-10-3-1-9(2-4-10)14-18(13(19)8-20-14)12-6-5-11(16)7-17-12/h1-7,14H,8H2. The number of benzene rings is 1. The van der Waals surface area contributed by atoms with Crippen molar-refractivity contribution >= 4 is 55.3 Å². The molecule has 2 heterocycles. The first-order valence-corrected chi connectivity index (χ1v) is 8.59. The topological polar surface area (TPSA) is 33.2 Å². The fourth-order valence-corrected chi connectivity index (χ4v) is 3.72. The van der Waals surface area contributed by atoms with Crippen LogP contribution in [0.5, 0.6) is 0 Å². The molecule has 1 aliphatic rings. The van der Waals surface area contributed by atoms with E-state index in [4.69, 9.17) is 0 Å². The molecule has 0 N–H and O–H groups in total. The third-order valence-electron chi connectivity index (χ3n) is 2.98. The zero-order valence-electron chi connectivity index (χ0n) is 10.3. The van der Waals surface area contributed by atoms with Gasteiger partial charge in [-0.25, -0.2) is 4.98 Å². The lowest BCUT2D eigenvalue weighted by Gasteiger charge is -2.23. The third-order valence-corrected chi connectivity index (χ3v) is 5.19. The van der Waals surface area contributed by atoms with Crippen molar-refractivity contribution < 1.29 is 4.79 Å².